The second kappa shape index (κ2) is 7.15. The van der Waals surface area contributed by atoms with Crippen LogP contribution in [0.4, 0.5) is 5.69 Å². The van der Waals surface area contributed by atoms with Crippen molar-refractivity contribution >= 4 is 11.6 Å². The first kappa shape index (κ1) is 16.6. The van der Waals surface area contributed by atoms with Gasteiger partial charge in [-0.3, -0.25) is 4.79 Å². The minimum atomic E-state index is 0.110. The quantitative estimate of drug-likeness (QED) is 0.914. The van der Waals surface area contributed by atoms with Gasteiger partial charge in [0.05, 0.1) is 12.1 Å². The zero-order valence-electron chi connectivity index (χ0n) is 14.6. The Hall–Kier alpha value is -2.89. The van der Waals surface area contributed by atoms with E-state index in [4.69, 9.17) is 9.47 Å². The zero-order valence-corrected chi connectivity index (χ0v) is 14.6. The van der Waals surface area contributed by atoms with E-state index in [0.717, 1.165) is 17.0 Å². The molecule has 0 bridgehead atoms. The van der Waals surface area contributed by atoms with E-state index in [2.05, 4.69) is 4.90 Å². The largest absolute Gasteiger partial charge is 0.506 e. The van der Waals surface area contributed by atoms with E-state index in [-0.39, 0.29) is 11.7 Å². The van der Waals surface area contributed by atoms with E-state index in [1.165, 1.54) is 0 Å². The maximum absolute atomic E-state index is 12.6. The lowest BCUT2D eigenvalue weighted by Gasteiger charge is -2.36. The number of carbonyl (C=O) groups is 1. The summed E-state index contributed by atoms with van der Waals surface area (Å²) in [5, 5.41) is 9.99. The molecule has 136 valence electrons. The Kier molecular flexibility index (Phi) is 4.56. The summed E-state index contributed by atoms with van der Waals surface area (Å²) in [6, 6.07) is 13.0. The molecule has 2 aromatic rings. The number of phenolic OH excluding ortho intramolecular Hbond substituents is 1. The summed E-state index contributed by atoms with van der Waals surface area (Å²) in [4.78, 5) is 16.6. The van der Waals surface area contributed by atoms with E-state index < -0.39 is 0 Å². The lowest BCUT2D eigenvalue weighted by molar-refractivity contribution is -0.130. The third-order valence-electron chi connectivity index (χ3n) is 4.82. The highest BCUT2D eigenvalue weighted by Gasteiger charge is 2.23. The van der Waals surface area contributed by atoms with Gasteiger partial charge in [0.2, 0.25) is 5.91 Å². The Balaban J connectivity index is 1.36. The predicted molar refractivity (Wildman–Crippen MR) is 98.0 cm³/mol. The van der Waals surface area contributed by atoms with Gasteiger partial charge in [-0.25, -0.2) is 0 Å². The molecule has 4 rings (SSSR count). The fraction of sp³-hybridized carbons (Fsp3) is 0.350. The van der Waals surface area contributed by atoms with Crippen molar-refractivity contribution in [2.75, 3.05) is 44.3 Å². The topological polar surface area (TPSA) is 62.2 Å². The number of carbonyl (C=O) groups excluding carboxylic acids is 1. The van der Waals surface area contributed by atoms with Crippen LogP contribution in [0.3, 0.4) is 0 Å². The Labute approximate surface area is 152 Å². The molecule has 2 heterocycles. The number of piperazine rings is 1. The SMILES string of the molecule is O=C(Cc1ccc2c(c1)OCCO2)N1CCN(c2ccccc2O)CC1. The molecule has 2 aliphatic heterocycles. The fourth-order valence-corrected chi connectivity index (χ4v) is 3.41. The molecule has 0 aromatic heterocycles. The number of nitrogens with zero attached hydrogens (tertiary/aromatic N) is 2. The van der Waals surface area contributed by atoms with Crippen molar-refractivity contribution in [3.8, 4) is 17.2 Å². The second-order valence-electron chi connectivity index (χ2n) is 6.51. The fourth-order valence-electron chi connectivity index (χ4n) is 3.41. The lowest BCUT2D eigenvalue weighted by atomic mass is 10.1. The summed E-state index contributed by atoms with van der Waals surface area (Å²) in [5.41, 5.74) is 1.76. The molecule has 0 aliphatic carbocycles. The van der Waals surface area contributed by atoms with Crippen molar-refractivity contribution in [3.05, 3.63) is 48.0 Å². The monoisotopic (exact) mass is 354 g/mol. The average Bonchev–Trinajstić information content (AvgIpc) is 2.68. The van der Waals surface area contributed by atoms with E-state index in [1.54, 1.807) is 6.07 Å². The molecule has 2 aliphatic rings. The number of hydrogen-bond donors (Lipinski definition) is 1. The van der Waals surface area contributed by atoms with Crippen LogP contribution in [0.25, 0.3) is 0 Å². The number of para-hydroxylation sites is 2. The molecule has 1 fully saturated rings. The Morgan fingerprint density at radius 2 is 1.69 bits per heavy atom. The summed E-state index contributed by atoms with van der Waals surface area (Å²) >= 11 is 0. The first-order chi connectivity index (χ1) is 12.7. The molecule has 0 atom stereocenters. The number of anilines is 1. The highest BCUT2D eigenvalue weighted by atomic mass is 16.6. The third-order valence-corrected chi connectivity index (χ3v) is 4.82. The van der Waals surface area contributed by atoms with E-state index in [9.17, 15) is 9.90 Å². The van der Waals surface area contributed by atoms with Gasteiger partial charge in [0.1, 0.15) is 19.0 Å². The molecule has 0 unspecified atom stereocenters. The molecule has 1 N–H and O–H groups in total. The average molecular weight is 354 g/mol. The number of amides is 1. The highest BCUT2D eigenvalue weighted by Crippen LogP contribution is 2.31. The molecule has 1 saturated heterocycles. The van der Waals surface area contributed by atoms with Gasteiger partial charge in [-0.1, -0.05) is 18.2 Å². The summed E-state index contributed by atoms with van der Waals surface area (Å²) in [5.74, 6) is 1.84. The van der Waals surface area contributed by atoms with Crippen molar-refractivity contribution in [3.63, 3.8) is 0 Å². The summed E-state index contributed by atoms with van der Waals surface area (Å²) in [6.07, 6.45) is 0.354. The molecule has 26 heavy (non-hydrogen) atoms. The number of hydrogen-bond acceptors (Lipinski definition) is 5. The van der Waals surface area contributed by atoms with Crippen LogP contribution < -0.4 is 14.4 Å². The van der Waals surface area contributed by atoms with Gasteiger partial charge in [-0.15, -0.1) is 0 Å². The molecule has 2 aromatic carbocycles. The molecule has 0 spiro atoms. The molecule has 1 amide bonds. The van der Waals surface area contributed by atoms with Crippen LogP contribution in [-0.2, 0) is 11.2 Å². The zero-order chi connectivity index (χ0) is 17.9. The van der Waals surface area contributed by atoms with E-state index in [1.807, 2.05) is 41.3 Å². The maximum Gasteiger partial charge on any atom is 0.227 e. The van der Waals surface area contributed by atoms with E-state index in [0.29, 0.717) is 51.6 Å². The Bertz CT molecular complexity index is 800. The number of fused-ring (bicyclic) bond motifs is 1. The number of phenols is 1. The van der Waals surface area contributed by atoms with Gasteiger partial charge in [0.15, 0.2) is 11.5 Å². The first-order valence-electron chi connectivity index (χ1n) is 8.90. The van der Waals surface area contributed by atoms with Gasteiger partial charge < -0.3 is 24.4 Å². The van der Waals surface area contributed by atoms with Crippen LogP contribution in [0.2, 0.25) is 0 Å². The van der Waals surface area contributed by atoms with Crippen LogP contribution in [0.15, 0.2) is 42.5 Å². The van der Waals surface area contributed by atoms with Gasteiger partial charge in [0, 0.05) is 26.2 Å². The summed E-state index contributed by atoms with van der Waals surface area (Å²) < 4.78 is 11.1. The third kappa shape index (κ3) is 3.40. The minimum Gasteiger partial charge on any atom is -0.506 e. The van der Waals surface area contributed by atoms with Crippen molar-refractivity contribution in [2.24, 2.45) is 0 Å². The predicted octanol–water partition coefficient (Wildman–Crippen LogP) is 2.05. The molecular weight excluding hydrogens is 332 g/mol. The van der Waals surface area contributed by atoms with Gasteiger partial charge in [0.25, 0.3) is 0 Å². The number of benzene rings is 2. The van der Waals surface area contributed by atoms with Crippen molar-refractivity contribution in [1.29, 1.82) is 0 Å². The van der Waals surface area contributed by atoms with Gasteiger partial charge >= 0.3 is 0 Å². The second-order valence-corrected chi connectivity index (χ2v) is 6.51. The summed E-state index contributed by atoms with van der Waals surface area (Å²) in [7, 11) is 0. The Morgan fingerprint density at radius 3 is 2.46 bits per heavy atom. The van der Waals surface area contributed by atoms with Crippen LogP contribution in [0, 0.1) is 0 Å². The number of rotatable bonds is 3. The molecule has 6 heteroatoms. The van der Waals surface area contributed by atoms with Gasteiger partial charge in [-0.2, -0.15) is 0 Å². The Morgan fingerprint density at radius 1 is 0.962 bits per heavy atom. The number of aromatic hydroxyl groups is 1. The van der Waals surface area contributed by atoms with Crippen LogP contribution in [-0.4, -0.2) is 55.3 Å². The molecule has 0 saturated carbocycles. The van der Waals surface area contributed by atoms with Gasteiger partial charge in [-0.05, 0) is 29.8 Å². The highest BCUT2D eigenvalue weighted by molar-refractivity contribution is 5.79. The van der Waals surface area contributed by atoms with Crippen molar-refractivity contribution < 1.29 is 19.4 Å². The van der Waals surface area contributed by atoms with Crippen LogP contribution in [0.5, 0.6) is 17.2 Å². The van der Waals surface area contributed by atoms with Crippen LogP contribution >= 0.6 is 0 Å². The maximum atomic E-state index is 12.6. The molecule has 0 radical (unpaired) electrons. The normalized spacial score (nSPS) is 16.5. The first-order valence-corrected chi connectivity index (χ1v) is 8.90. The smallest absolute Gasteiger partial charge is 0.227 e. The minimum absolute atomic E-state index is 0.110. The van der Waals surface area contributed by atoms with Crippen LogP contribution in [0.1, 0.15) is 5.56 Å². The lowest BCUT2D eigenvalue weighted by Crippen LogP contribution is -2.49. The van der Waals surface area contributed by atoms with Crippen molar-refractivity contribution in [2.45, 2.75) is 6.42 Å². The summed E-state index contributed by atoms with van der Waals surface area (Å²) in [6.45, 7) is 3.83. The van der Waals surface area contributed by atoms with Crippen molar-refractivity contribution in [1.82, 2.24) is 4.90 Å². The molecule has 6 nitrogen and oxygen atoms in total. The standard InChI is InChI=1S/C20H22N2O4/c23-17-4-2-1-3-16(17)21-7-9-22(10-8-21)20(24)14-15-5-6-18-19(13-15)26-12-11-25-18/h1-6,13,23H,7-12,14H2. The number of ether oxygens (including phenoxy) is 2. The van der Waals surface area contributed by atoms with E-state index >= 15 is 0 Å². The molecular formula is C20H22N2O4.